The molecule has 106 valence electrons. The molecule has 0 fully saturated rings. The number of hydrogen-bond donors (Lipinski definition) is 3. The molecule has 1 unspecified atom stereocenters. The number of carbonyl (C=O) groups excluding carboxylic acids is 1. The van der Waals surface area contributed by atoms with Gasteiger partial charge in [-0.3, -0.25) is 9.89 Å². The topological polar surface area (TPSA) is 82.7 Å². The number of pyridine rings is 1. The van der Waals surface area contributed by atoms with E-state index in [-0.39, 0.29) is 11.9 Å². The van der Waals surface area contributed by atoms with Crippen molar-refractivity contribution in [1.82, 2.24) is 20.5 Å². The van der Waals surface area contributed by atoms with Crippen LogP contribution in [0.5, 0.6) is 0 Å². The Labute approximate surface area is 118 Å². The van der Waals surface area contributed by atoms with Crippen LogP contribution in [0.4, 0.5) is 5.82 Å². The highest BCUT2D eigenvalue weighted by Crippen LogP contribution is 2.14. The predicted molar refractivity (Wildman–Crippen MR) is 77.6 cm³/mol. The Bertz CT molecular complexity index is 557. The average molecular weight is 273 g/mol. The van der Waals surface area contributed by atoms with E-state index in [9.17, 15) is 4.79 Å². The van der Waals surface area contributed by atoms with Crippen LogP contribution in [-0.4, -0.2) is 28.1 Å². The van der Waals surface area contributed by atoms with E-state index in [1.54, 1.807) is 25.5 Å². The summed E-state index contributed by atoms with van der Waals surface area (Å²) in [4.78, 5) is 16.7. The van der Waals surface area contributed by atoms with Gasteiger partial charge in [-0.1, -0.05) is 6.92 Å². The van der Waals surface area contributed by atoms with Gasteiger partial charge in [-0.25, -0.2) is 4.98 Å². The van der Waals surface area contributed by atoms with E-state index >= 15 is 0 Å². The van der Waals surface area contributed by atoms with Crippen LogP contribution in [0.1, 0.15) is 41.5 Å². The van der Waals surface area contributed by atoms with Crippen LogP contribution in [0, 0.1) is 0 Å². The highest BCUT2D eigenvalue weighted by atomic mass is 16.1. The number of hydrogen-bond acceptors (Lipinski definition) is 4. The Balaban J connectivity index is 2.16. The third-order valence-electron chi connectivity index (χ3n) is 3.13. The molecule has 0 saturated heterocycles. The van der Waals surface area contributed by atoms with Gasteiger partial charge in [-0.15, -0.1) is 0 Å². The number of rotatable bonds is 5. The largest absolute Gasteiger partial charge is 0.373 e. The lowest BCUT2D eigenvalue weighted by Crippen LogP contribution is -2.26. The van der Waals surface area contributed by atoms with Crippen LogP contribution in [-0.2, 0) is 6.42 Å². The number of H-pyrrole nitrogens is 1. The maximum atomic E-state index is 12.3. The zero-order valence-corrected chi connectivity index (χ0v) is 11.9. The summed E-state index contributed by atoms with van der Waals surface area (Å²) < 4.78 is 0. The maximum absolute atomic E-state index is 12.3. The summed E-state index contributed by atoms with van der Waals surface area (Å²) in [6.07, 6.45) is 4.26. The molecule has 0 saturated carbocycles. The van der Waals surface area contributed by atoms with E-state index in [0.717, 1.165) is 17.7 Å². The van der Waals surface area contributed by atoms with Gasteiger partial charge in [0, 0.05) is 30.1 Å². The van der Waals surface area contributed by atoms with Crippen molar-refractivity contribution in [2.45, 2.75) is 26.3 Å². The van der Waals surface area contributed by atoms with Crippen molar-refractivity contribution < 1.29 is 4.79 Å². The molecule has 3 N–H and O–H groups in total. The summed E-state index contributed by atoms with van der Waals surface area (Å²) in [7, 11) is 1.79. The van der Waals surface area contributed by atoms with Gasteiger partial charge in [0.2, 0.25) is 0 Å². The van der Waals surface area contributed by atoms with E-state index in [4.69, 9.17) is 0 Å². The molecule has 6 heteroatoms. The van der Waals surface area contributed by atoms with E-state index in [0.29, 0.717) is 11.4 Å². The highest BCUT2D eigenvalue weighted by molar-refractivity contribution is 5.95. The second-order valence-electron chi connectivity index (χ2n) is 4.56. The molecule has 0 aliphatic rings. The molecule has 2 aromatic rings. The molecule has 1 atom stereocenters. The standard InChI is InChI=1S/C14H19N5O/c1-4-12-5-10(6-13(15-3)19-12)14(20)18-9(2)11-7-16-17-8-11/h5-9H,4H2,1-3H3,(H,15,19)(H,16,17)(H,18,20). The molecule has 0 bridgehead atoms. The number of nitrogens with one attached hydrogen (secondary N) is 3. The fourth-order valence-electron chi connectivity index (χ4n) is 1.89. The van der Waals surface area contributed by atoms with Crippen LogP contribution in [0.25, 0.3) is 0 Å². The number of nitrogens with zero attached hydrogens (tertiary/aromatic N) is 2. The summed E-state index contributed by atoms with van der Waals surface area (Å²) in [5.41, 5.74) is 2.44. The van der Waals surface area contributed by atoms with Crippen LogP contribution in [0.3, 0.4) is 0 Å². The minimum Gasteiger partial charge on any atom is -0.373 e. The van der Waals surface area contributed by atoms with Gasteiger partial charge in [0.1, 0.15) is 5.82 Å². The van der Waals surface area contributed by atoms with Crippen LogP contribution in [0.15, 0.2) is 24.5 Å². The number of aromatic amines is 1. The lowest BCUT2D eigenvalue weighted by atomic mass is 10.1. The lowest BCUT2D eigenvalue weighted by molar-refractivity contribution is 0.0939. The second kappa shape index (κ2) is 6.18. The number of aryl methyl sites for hydroxylation is 1. The highest BCUT2D eigenvalue weighted by Gasteiger charge is 2.13. The van der Waals surface area contributed by atoms with Crippen molar-refractivity contribution in [3.05, 3.63) is 41.3 Å². The quantitative estimate of drug-likeness (QED) is 0.777. The Morgan fingerprint density at radius 2 is 2.25 bits per heavy atom. The third-order valence-corrected chi connectivity index (χ3v) is 3.13. The Morgan fingerprint density at radius 1 is 1.45 bits per heavy atom. The van der Waals surface area contributed by atoms with Gasteiger partial charge < -0.3 is 10.6 Å². The van der Waals surface area contributed by atoms with E-state index in [1.165, 1.54) is 0 Å². The van der Waals surface area contributed by atoms with Crippen molar-refractivity contribution in [2.24, 2.45) is 0 Å². The van der Waals surface area contributed by atoms with Crippen LogP contribution < -0.4 is 10.6 Å². The van der Waals surface area contributed by atoms with E-state index in [2.05, 4.69) is 25.8 Å². The molecule has 0 radical (unpaired) electrons. The third kappa shape index (κ3) is 3.14. The van der Waals surface area contributed by atoms with Gasteiger partial charge in [0.05, 0.1) is 12.2 Å². The van der Waals surface area contributed by atoms with Crippen molar-refractivity contribution in [3.8, 4) is 0 Å². The van der Waals surface area contributed by atoms with Crippen molar-refractivity contribution >= 4 is 11.7 Å². The van der Waals surface area contributed by atoms with Gasteiger partial charge in [0.25, 0.3) is 5.91 Å². The molecule has 20 heavy (non-hydrogen) atoms. The van der Waals surface area contributed by atoms with E-state index in [1.807, 2.05) is 19.9 Å². The smallest absolute Gasteiger partial charge is 0.251 e. The van der Waals surface area contributed by atoms with Crippen molar-refractivity contribution in [1.29, 1.82) is 0 Å². The fourth-order valence-corrected chi connectivity index (χ4v) is 1.89. The first-order valence-electron chi connectivity index (χ1n) is 6.62. The Kier molecular flexibility index (Phi) is 4.34. The van der Waals surface area contributed by atoms with Gasteiger partial charge in [-0.2, -0.15) is 5.10 Å². The monoisotopic (exact) mass is 273 g/mol. The molecule has 0 spiro atoms. The summed E-state index contributed by atoms with van der Waals surface area (Å²) in [6.45, 7) is 3.93. The second-order valence-corrected chi connectivity index (χ2v) is 4.56. The normalized spacial score (nSPS) is 11.9. The van der Waals surface area contributed by atoms with E-state index < -0.39 is 0 Å². The summed E-state index contributed by atoms with van der Waals surface area (Å²) in [6, 6.07) is 3.46. The summed E-state index contributed by atoms with van der Waals surface area (Å²) in [5, 5.41) is 12.5. The molecule has 2 heterocycles. The maximum Gasteiger partial charge on any atom is 0.251 e. The fraction of sp³-hybridized carbons (Fsp3) is 0.357. The van der Waals surface area contributed by atoms with Crippen molar-refractivity contribution in [3.63, 3.8) is 0 Å². The molecular formula is C14H19N5O. The average Bonchev–Trinajstić information content (AvgIpc) is 3.00. The SMILES string of the molecule is CCc1cc(C(=O)NC(C)c2cn[nH]c2)cc(NC)n1. The molecule has 0 aliphatic heterocycles. The Hall–Kier alpha value is -2.37. The number of carbonyl (C=O) groups is 1. The molecule has 2 aromatic heterocycles. The molecule has 2 rings (SSSR count). The van der Waals surface area contributed by atoms with Gasteiger partial charge in [-0.05, 0) is 25.5 Å². The first kappa shape index (κ1) is 14.0. The molecule has 1 amide bonds. The lowest BCUT2D eigenvalue weighted by Gasteiger charge is -2.13. The number of amides is 1. The summed E-state index contributed by atoms with van der Waals surface area (Å²) in [5.74, 6) is 0.581. The molecular weight excluding hydrogens is 254 g/mol. The molecule has 6 nitrogen and oxygen atoms in total. The predicted octanol–water partition coefficient (Wildman–Crippen LogP) is 1.90. The van der Waals surface area contributed by atoms with Gasteiger partial charge >= 0.3 is 0 Å². The minimum atomic E-state index is -0.118. The van der Waals surface area contributed by atoms with Crippen molar-refractivity contribution in [2.75, 3.05) is 12.4 Å². The Morgan fingerprint density at radius 3 is 2.85 bits per heavy atom. The zero-order chi connectivity index (χ0) is 14.5. The van der Waals surface area contributed by atoms with Crippen LogP contribution >= 0.6 is 0 Å². The molecule has 0 aliphatic carbocycles. The van der Waals surface area contributed by atoms with Crippen LogP contribution in [0.2, 0.25) is 0 Å². The minimum absolute atomic E-state index is 0.0995. The number of aromatic nitrogens is 3. The molecule has 0 aromatic carbocycles. The summed E-state index contributed by atoms with van der Waals surface area (Å²) >= 11 is 0. The first-order valence-corrected chi connectivity index (χ1v) is 6.62. The first-order chi connectivity index (χ1) is 9.63. The number of anilines is 1. The zero-order valence-electron chi connectivity index (χ0n) is 11.9. The van der Waals surface area contributed by atoms with Gasteiger partial charge in [0.15, 0.2) is 0 Å².